The number of benzene rings is 1. The van der Waals surface area contributed by atoms with E-state index in [1.165, 1.54) is 6.07 Å². The molecule has 0 saturated heterocycles. The molecule has 0 spiro atoms. The molecule has 2 N–H and O–H groups in total. The molecule has 1 atom stereocenters. The summed E-state index contributed by atoms with van der Waals surface area (Å²) in [6, 6.07) is 8.41. The molecule has 2 aromatic heterocycles. The van der Waals surface area contributed by atoms with Crippen molar-refractivity contribution >= 4 is 11.8 Å². The highest BCUT2D eigenvalue weighted by Gasteiger charge is 2.47. The predicted octanol–water partition coefficient (Wildman–Crippen LogP) is 4.57. The highest BCUT2D eigenvalue weighted by molar-refractivity contribution is 6.00. The van der Waals surface area contributed by atoms with Crippen molar-refractivity contribution in [2.75, 3.05) is 7.11 Å². The average molecular weight is 545 g/mol. The van der Waals surface area contributed by atoms with Crippen LogP contribution in [0.25, 0.3) is 11.3 Å². The normalized spacial score (nSPS) is 17.8. The molecule has 208 valence electrons. The van der Waals surface area contributed by atoms with E-state index in [4.69, 9.17) is 9.47 Å². The van der Waals surface area contributed by atoms with E-state index in [2.05, 4.69) is 9.97 Å². The Morgan fingerprint density at radius 2 is 1.90 bits per heavy atom. The van der Waals surface area contributed by atoms with Crippen LogP contribution >= 0.6 is 0 Å². The minimum Gasteiger partial charge on any atom is -0.496 e. The molecule has 9 heteroatoms. The zero-order valence-electron chi connectivity index (χ0n) is 23.8. The molecule has 1 aliphatic heterocycles. The highest BCUT2D eigenvalue weighted by Crippen LogP contribution is 2.51. The molecule has 0 radical (unpaired) electrons. The van der Waals surface area contributed by atoms with Gasteiger partial charge in [-0.3, -0.25) is 4.79 Å². The molecule has 3 aromatic rings. The monoisotopic (exact) mass is 544 g/mol. The van der Waals surface area contributed by atoms with Crippen molar-refractivity contribution in [2.45, 2.75) is 59.3 Å². The number of ether oxygens (including phenoxy) is 2. The molecule has 1 aromatic carbocycles. The smallest absolute Gasteiger partial charge is 0.354 e. The summed E-state index contributed by atoms with van der Waals surface area (Å²) in [4.78, 5) is 47.2. The first-order valence-electron chi connectivity index (χ1n) is 13.3. The maximum Gasteiger partial charge on any atom is 0.354 e. The summed E-state index contributed by atoms with van der Waals surface area (Å²) in [5.41, 5.74) is 2.67. The van der Waals surface area contributed by atoms with E-state index in [9.17, 15) is 19.5 Å². The summed E-state index contributed by atoms with van der Waals surface area (Å²) < 4.78 is 13.8. The molecule has 0 fully saturated rings. The van der Waals surface area contributed by atoms with Gasteiger partial charge < -0.3 is 14.6 Å². The molecule has 2 aliphatic rings. The van der Waals surface area contributed by atoms with Gasteiger partial charge in [0.15, 0.2) is 5.78 Å². The van der Waals surface area contributed by atoms with Crippen LogP contribution in [0.5, 0.6) is 11.6 Å². The zero-order valence-corrected chi connectivity index (χ0v) is 23.8. The number of nitrogens with zero attached hydrogens (tertiary/aromatic N) is 2. The van der Waals surface area contributed by atoms with E-state index >= 15 is 0 Å². The Kier molecular flexibility index (Phi) is 6.64. The largest absolute Gasteiger partial charge is 0.496 e. The van der Waals surface area contributed by atoms with Crippen molar-refractivity contribution < 1.29 is 29.2 Å². The summed E-state index contributed by atoms with van der Waals surface area (Å²) in [6.07, 6.45) is 0.853. The number of ketones is 1. The molecule has 0 amide bonds. The lowest BCUT2D eigenvalue weighted by Gasteiger charge is -2.37. The number of Topliss-reactive ketones (excluding diaryl/α,β-unsaturated/α-hetero) is 1. The number of aromatic amines is 1. The number of nitrogens with one attached hydrogen (secondary N) is 1. The Bertz CT molecular complexity index is 1660. The third kappa shape index (κ3) is 4.39. The van der Waals surface area contributed by atoms with Crippen molar-refractivity contribution in [1.29, 1.82) is 0 Å². The number of pyridine rings is 1. The van der Waals surface area contributed by atoms with Crippen LogP contribution < -0.4 is 20.0 Å². The number of fused-ring (bicyclic) bond motifs is 1. The van der Waals surface area contributed by atoms with Crippen molar-refractivity contribution in [2.24, 2.45) is 12.5 Å². The molecule has 40 heavy (non-hydrogen) atoms. The van der Waals surface area contributed by atoms with Crippen LogP contribution in [0.3, 0.4) is 0 Å². The topological polar surface area (TPSA) is 122 Å². The first-order chi connectivity index (χ1) is 18.8. The molecular weight excluding hydrogens is 510 g/mol. The van der Waals surface area contributed by atoms with Gasteiger partial charge in [-0.25, -0.2) is 19.6 Å². The second-order valence-corrected chi connectivity index (χ2v) is 11.7. The van der Waals surface area contributed by atoms with Gasteiger partial charge in [0.05, 0.1) is 31.7 Å². The first-order valence-corrected chi connectivity index (χ1v) is 13.3. The molecule has 3 heterocycles. The van der Waals surface area contributed by atoms with Crippen LogP contribution in [0.15, 0.2) is 46.5 Å². The van der Waals surface area contributed by atoms with E-state index < -0.39 is 11.9 Å². The first kappa shape index (κ1) is 27.3. The number of hydrogen-bond donors (Lipinski definition) is 1. The Morgan fingerprint density at radius 3 is 2.55 bits per heavy atom. The maximum atomic E-state index is 14.0. The van der Waals surface area contributed by atoms with Gasteiger partial charge in [0.25, 0.3) is 11.7 Å². The number of carboxylic acid groups (broad SMARTS) is 1. The van der Waals surface area contributed by atoms with Crippen LogP contribution in [-0.2, 0) is 11.8 Å². The Labute approximate surface area is 232 Å². The minimum absolute atomic E-state index is 0.0250. The number of allylic oxidation sites excluding steroid dienone is 2. The van der Waals surface area contributed by atoms with Gasteiger partial charge >= 0.3 is 11.5 Å². The van der Waals surface area contributed by atoms with Gasteiger partial charge in [0, 0.05) is 29.5 Å². The standard InChI is InChI=1S/C31H33N3O6/c1-15(2)27-33-28-26(29(36)34(27)6)25(24-20(35)13-31(4,5)14-22(24)40-28)23-16(3)17(11-12-21(23)39-7)18-9-8-10-19(32-18)30(37)38/h8-12,15,25H,13-14H2,1-7H3,(H,37,38)/p+1. The molecule has 9 nitrogen and oxygen atoms in total. The number of carbonyl (C=O) groups is 2. The van der Waals surface area contributed by atoms with E-state index in [1.54, 1.807) is 36.9 Å². The fraction of sp³-hybridized carbons (Fsp3) is 0.387. The quantitative estimate of drug-likeness (QED) is 0.499. The number of methoxy groups -OCH3 is 1. The second-order valence-electron chi connectivity index (χ2n) is 11.7. The van der Waals surface area contributed by atoms with Gasteiger partial charge in [-0.1, -0.05) is 33.8 Å². The summed E-state index contributed by atoms with van der Waals surface area (Å²) in [7, 11) is 3.26. The number of H-pyrrole nitrogens is 1. The number of carboxylic acids is 1. The average Bonchev–Trinajstić information content (AvgIpc) is 2.88. The molecular formula is C31H34N3O6+. The Hall–Kier alpha value is -4.27. The van der Waals surface area contributed by atoms with Gasteiger partial charge in [-0.15, -0.1) is 0 Å². The van der Waals surface area contributed by atoms with Crippen LogP contribution in [0.2, 0.25) is 0 Å². The molecule has 1 aliphatic carbocycles. The van der Waals surface area contributed by atoms with Crippen molar-refractivity contribution in [3.8, 4) is 22.9 Å². The third-order valence-electron chi connectivity index (χ3n) is 7.84. The van der Waals surface area contributed by atoms with Gasteiger partial charge in [-0.05, 0) is 42.2 Å². The fourth-order valence-corrected chi connectivity index (χ4v) is 5.99. The van der Waals surface area contributed by atoms with E-state index in [0.717, 1.165) is 5.56 Å². The van der Waals surface area contributed by atoms with E-state index in [0.29, 0.717) is 64.0 Å². The number of aromatic nitrogens is 3. The number of aromatic carboxylic acids is 1. The number of hydrogen-bond acceptors (Lipinski definition) is 6. The summed E-state index contributed by atoms with van der Waals surface area (Å²) in [6.45, 7) is 9.92. The van der Waals surface area contributed by atoms with Crippen molar-refractivity contribution in [3.63, 3.8) is 0 Å². The maximum absolute atomic E-state index is 14.0. The van der Waals surface area contributed by atoms with Gasteiger partial charge in [0.2, 0.25) is 0 Å². The van der Waals surface area contributed by atoms with Gasteiger partial charge in [-0.2, -0.15) is 4.57 Å². The Morgan fingerprint density at radius 1 is 1.18 bits per heavy atom. The summed E-state index contributed by atoms with van der Waals surface area (Å²) in [5, 5.41) is 9.51. The highest BCUT2D eigenvalue weighted by atomic mass is 16.5. The molecule has 0 saturated carbocycles. The number of carbonyl (C=O) groups excluding carboxylic acids is 1. The van der Waals surface area contributed by atoms with Crippen molar-refractivity contribution in [3.05, 3.63) is 80.2 Å². The summed E-state index contributed by atoms with van der Waals surface area (Å²) >= 11 is 0. The number of rotatable bonds is 5. The van der Waals surface area contributed by atoms with Crippen LogP contribution in [0.4, 0.5) is 0 Å². The van der Waals surface area contributed by atoms with Gasteiger partial charge in [0.1, 0.15) is 22.8 Å². The molecule has 0 bridgehead atoms. The van der Waals surface area contributed by atoms with Crippen molar-refractivity contribution in [1.82, 2.24) is 9.55 Å². The lowest BCUT2D eigenvalue weighted by atomic mass is 9.69. The lowest BCUT2D eigenvalue weighted by Crippen LogP contribution is -2.42. The third-order valence-corrected chi connectivity index (χ3v) is 7.84. The zero-order chi connectivity index (χ0) is 29.1. The van der Waals surface area contributed by atoms with Crippen LogP contribution in [-0.4, -0.2) is 33.5 Å². The van der Waals surface area contributed by atoms with E-state index in [-0.39, 0.29) is 28.4 Å². The molecule has 1 unspecified atom stereocenters. The minimum atomic E-state index is -1.13. The lowest BCUT2D eigenvalue weighted by molar-refractivity contribution is -0.415. The Balaban J connectivity index is 1.85. The second kappa shape index (κ2) is 9.73. The van der Waals surface area contributed by atoms with Crippen LogP contribution in [0.1, 0.15) is 85.4 Å². The fourth-order valence-electron chi connectivity index (χ4n) is 5.99. The SMILES string of the molecule is COc1ccc(-c2cccc(C(=O)O)n2)c(C)c1C1C2=C(CC(C)(C)CC2=O)Oc2[nH+]c(C(C)C)n(C)c(=O)c21. The van der Waals surface area contributed by atoms with E-state index in [1.807, 2.05) is 40.7 Å². The summed E-state index contributed by atoms with van der Waals surface area (Å²) in [5.74, 6) is 0.169. The molecule has 5 rings (SSSR count). The van der Waals surface area contributed by atoms with Crippen LogP contribution in [0, 0.1) is 12.3 Å². The predicted molar refractivity (Wildman–Crippen MR) is 148 cm³/mol.